The Labute approximate surface area is 195 Å². The van der Waals surface area contributed by atoms with E-state index in [1.165, 1.54) is 12.1 Å². The van der Waals surface area contributed by atoms with Crippen LogP contribution in [0.3, 0.4) is 0 Å². The normalized spacial score (nSPS) is 17.6. The number of fused-ring (bicyclic) bond motifs is 1. The summed E-state index contributed by atoms with van der Waals surface area (Å²) in [6, 6.07) is 6.27. The van der Waals surface area contributed by atoms with Gasteiger partial charge in [0.25, 0.3) is 15.9 Å². The molecule has 0 saturated carbocycles. The van der Waals surface area contributed by atoms with Crippen molar-refractivity contribution in [3.8, 4) is 11.5 Å². The van der Waals surface area contributed by atoms with Gasteiger partial charge in [0.1, 0.15) is 11.5 Å². The lowest BCUT2D eigenvalue weighted by Crippen LogP contribution is -2.52. The minimum absolute atomic E-state index is 0.0164. The van der Waals surface area contributed by atoms with E-state index in [0.29, 0.717) is 30.8 Å². The van der Waals surface area contributed by atoms with E-state index < -0.39 is 21.5 Å². The lowest BCUT2D eigenvalue weighted by Gasteiger charge is -2.36. The second-order valence-corrected chi connectivity index (χ2v) is 10.5. The van der Waals surface area contributed by atoms with E-state index in [1.807, 2.05) is 34.6 Å². The highest BCUT2D eigenvalue weighted by Gasteiger charge is 2.42. The summed E-state index contributed by atoms with van der Waals surface area (Å²) < 4.78 is 39.4. The Morgan fingerprint density at radius 1 is 1.06 bits per heavy atom. The van der Waals surface area contributed by atoms with E-state index in [1.54, 1.807) is 19.1 Å². The predicted molar refractivity (Wildman–Crippen MR) is 125 cm³/mol. The zero-order valence-corrected chi connectivity index (χ0v) is 20.8. The number of benzene rings is 2. The van der Waals surface area contributed by atoms with Crippen LogP contribution in [-0.2, 0) is 26.0 Å². The molecule has 8 heteroatoms. The molecule has 3 rings (SSSR count). The molecule has 0 aromatic heterocycles. The Hall–Kier alpha value is -2.87. The number of esters is 1. The van der Waals surface area contributed by atoms with Gasteiger partial charge in [0.2, 0.25) is 0 Å². The highest BCUT2D eigenvalue weighted by Crippen LogP contribution is 2.44. The second kappa shape index (κ2) is 9.17. The number of hydrogen-bond donors (Lipinski definition) is 1. The minimum Gasteiger partial charge on any atom is -0.477 e. The van der Waals surface area contributed by atoms with Crippen molar-refractivity contribution in [1.29, 1.82) is 0 Å². The average Bonchev–Trinajstić information content (AvgIpc) is 2.75. The first-order valence-electron chi connectivity index (χ1n) is 11.1. The summed E-state index contributed by atoms with van der Waals surface area (Å²) in [5, 5.41) is 0. The van der Waals surface area contributed by atoms with Crippen molar-refractivity contribution in [3.05, 3.63) is 52.1 Å². The van der Waals surface area contributed by atoms with Gasteiger partial charge in [-0.25, -0.2) is 13.1 Å². The maximum absolute atomic E-state index is 13.1. The number of rotatable bonds is 6. The molecule has 0 radical (unpaired) electrons. The molecule has 1 aliphatic heterocycles. The van der Waals surface area contributed by atoms with Crippen molar-refractivity contribution >= 4 is 21.9 Å². The summed E-state index contributed by atoms with van der Waals surface area (Å²) in [5.74, 6) is 0.0624. The standard InChI is InChI=1S/C25H31NO6S/c1-7-8-21(27)31-22-16(3)17(4)23-20(18(22)5)13-14-25(6,32-23)24(28)26-33(29,30)19-11-9-15(2)10-12-19/h9-12H,7-8,13-14H2,1-6H3,(H,26,28). The highest BCUT2D eigenvalue weighted by molar-refractivity contribution is 7.90. The van der Waals surface area contributed by atoms with Gasteiger partial charge in [0.05, 0.1) is 4.90 Å². The van der Waals surface area contributed by atoms with Gasteiger partial charge in [-0.2, -0.15) is 0 Å². The van der Waals surface area contributed by atoms with Crippen LogP contribution in [0.2, 0.25) is 0 Å². The Kier molecular flexibility index (Phi) is 6.88. The molecular weight excluding hydrogens is 442 g/mol. The molecule has 2 aromatic rings. The Morgan fingerprint density at radius 3 is 2.30 bits per heavy atom. The Bertz CT molecular complexity index is 1200. The first kappa shape index (κ1) is 24.8. The van der Waals surface area contributed by atoms with Gasteiger partial charge in [-0.05, 0) is 76.3 Å². The maximum Gasteiger partial charge on any atom is 0.311 e. The van der Waals surface area contributed by atoms with Gasteiger partial charge >= 0.3 is 5.97 Å². The molecule has 1 heterocycles. The molecule has 178 valence electrons. The molecule has 1 amide bonds. The number of carbonyl (C=O) groups excluding carboxylic acids is 2. The molecule has 0 saturated heterocycles. The van der Waals surface area contributed by atoms with Gasteiger partial charge in [-0.1, -0.05) is 24.6 Å². The van der Waals surface area contributed by atoms with Crippen molar-refractivity contribution in [3.63, 3.8) is 0 Å². The molecule has 0 bridgehead atoms. The fourth-order valence-electron chi connectivity index (χ4n) is 3.92. The fourth-order valence-corrected chi connectivity index (χ4v) is 5.00. The molecule has 1 atom stereocenters. The minimum atomic E-state index is -4.03. The van der Waals surface area contributed by atoms with Crippen LogP contribution in [0.15, 0.2) is 29.2 Å². The average molecular weight is 474 g/mol. The molecule has 1 aliphatic rings. The smallest absolute Gasteiger partial charge is 0.311 e. The lowest BCUT2D eigenvalue weighted by molar-refractivity contribution is -0.135. The van der Waals surface area contributed by atoms with Crippen molar-refractivity contribution in [1.82, 2.24) is 4.72 Å². The van der Waals surface area contributed by atoms with E-state index >= 15 is 0 Å². The van der Waals surface area contributed by atoms with Crippen molar-refractivity contribution < 1.29 is 27.5 Å². The van der Waals surface area contributed by atoms with Crippen molar-refractivity contribution in [2.75, 3.05) is 0 Å². The van der Waals surface area contributed by atoms with Gasteiger partial charge in [0.15, 0.2) is 5.60 Å². The Balaban J connectivity index is 1.89. The molecular formula is C25H31NO6S. The van der Waals surface area contributed by atoms with Gasteiger partial charge in [0, 0.05) is 18.4 Å². The van der Waals surface area contributed by atoms with Crippen LogP contribution in [0.1, 0.15) is 60.9 Å². The number of carbonyl (C=O) groups is 2. The molecule has 1 N–H and O–H groups in total. The molecule has 1 unspecified atom stereocenters. The monoisotopic (exact) mass is 473 g/mol. The van der Waals surface area contributed by atoms with E-state index in [2.05, 4.69) is 4.72 Å². The highest BCUT2D eigenvalue weighted by atomic mass is 32.2. The van der Waals surface area contributed by atoms with Crippen molar-refractivity contribution in [2.45, 2.75) is 77.7 Å². The van der Waals surface area contributed by atoms with E-state index in [-0.39, 0.29) is 17.3 Å². The zero-order chi connectivity index (χ0) is 24.6. The quantitative estimate of drug-likeness (QED) is 0.498. The third kappa shape index (κ3) is 4.90. The molecule has 0 spiro atoms. The summed E-state index contributed by atoms with van der Waals surface area (Å²) in [4.78, 5) is 25.2. The first-order valence-corrected chi connectivity index (χ1v) is 12.5. The lowest BCUT2D eigenvalue weighted by atomic mass is 9.87. The van der Waals surface area contributed by atoms with E-state index in [4.69, 9.17) is 9.47 Å². The molecule has 33 heavy (non-hydrogen) atoms. The fraction of sp³-hybridized carbons (Fsp3) is 0.440. The second-order valence-electron chi connectivity index (χ2n) is 8.82. The largest absolute Gasteiger partial charge is 0.477 e. The third-order valence-corrected chi connectivity index (χ3v) is 7.55. The van der Waals surface area contributed by atoms with Crippen molar-refractivity contribution in [2.24, 2.45) is 0 Å². The number of aryl methyl sites for hydroxylation is 1. The summed E-state index contributed by atoms with van der Waals surface area (Å²) >= 11 is 0. The summed E-state index contributed by atoms with van der Waals surface area (Å²) in [6.45, 7) is 10.9. The third-order valence-electron chi connectivity index (χ3n) is 6.20. The van der Waals surface area contributed by atoms with Crippen LogP contribution < -0.4 is 14.2 Å². The number of sulfonamides is 1. The van der Waals surface area contributed by atoms with Crippen LogP contribution in [0.5, 0.6) is 11.5 Å². The van der Waals surface area contributed by atoms with E-state index in [0.717, 1.165) is 27.8 Å². The molecule has 0 aliphatic carbocycles. The van der Waals surface area contributed by atoms with E-state index in [9.17, 15) is 18.0 Å². The van der Waals surface area contributed by atoms with Gasteiger partial charge in [-0.3, -0.25) is 9.59 Å². The SMILES string of the molecule is CCCC(=O)Oc1c(C)c(C)c2c(c1C)CCC(C)(C(=O)NS(=O)(=O)c1ccc(C)cc1)O2. The predicted octanol–water partition coefficient (Wildman–Crippen LogP) is 4.21. The number of ether oxygens (including phenoxy) is 2. The Morgan fingerprint density at radius 2 is 1.70 bits per heavy atom. The van der Waals surface area contributed by atoms with Gasteiger partial charge in [-0.15, -0.1) is 0 Å². The van der Waals surface area contributed by atoms with Crippen LogP contribution in [0.4, 0.5) is 0 Å². The van der Waals surface area contributed by atoms with Crippen LogP contribution >= 0.6 is 0 Å². The summed E-state index contributed by atoms with van der Waals surface area (Å²) in [5.41, 5.74) is 2.73. The molecule has 7 nitrogen and oxygen atoms in total. The first-order chi connectivity index (χ1) is 15.4. The van der Waals surface area contributed by atoms with Crippen LogP contribution in [-0.4, -0.2) is 25.9 Å². The van der Waals surface area contributed by atoms with Crippen LogP contribution in [0, 0.1) is 27.7 Å². The van der Waals surface area contributed by atoms with Crippen LogP contribution in [0.25, 0.3) is 0 Å². The number of amides is 1. The summed E-state index contributed by atoms with van der Waals surface area (Å²) in [7, 11) is -4.03. The zero-order valence-electron chi connectivity index (χ0n) is 20.0. The maximum atomic E-state index is 13.1. The van der Waals surface area contributed by atoms with Gasteiger partial charge < -0.3 is 9.47 Å². The number of nitrogens with one attached hydrogen (secondary N) is 1. The molecule has 0 fully saturated rings. The summed E-state index contributed by atoms with van der Waals surface area (Å²) in [6.07, 6.45) is 1.79. The molecule has 2 aromatic carbocycles. The number of hydrogen-bond acceptors (Lipinski definition) is 6. The topological polar surface area (TPSA) is 98.8 Å².